The smallest absolute Gasteiger partial charge is 0.321 e. The number of aliphatic hydroxyl groups is 1. The van der Waals surface area contributed by atoms with E-state index in [1.165, 1.54) is 13.2 Å². The van der Waals surface area contributed by atoms with Crippen molar-refractivity contribution in [2.75, 3.05) is 26.7 Å². The molecule has 0 radical (unpaired) electrons. The van der Waals surface area contributed by atoms with Gasteiger partial charge in [0, 0.05) is 26.7 Å². The molecule has 1 aromatic heterocycles. The Morgan fingerprint density at radius 1 is 0.980 bits per heavy atom. The zero-order valence-electron chi connectivity index (χ0n) is 30.2. The molecule has 1 aliphatic heterocycles. The van der Waals surface area contributed by atoms with Crippen molar-refractivity contribution in [1.82, 2.24) is 29.4 Å². The average Bonchev–Trinajstić information content (AvgIpc) is 3.61. The number of fused-ring (bicyclic) bond motifs is 1. The molecular weight excluding hydrogens is 669 g/mol. The molecule has 4 aromatic rings. The van der Waals surface area contributed by atoms with Gasteiger partial charge in [0.1, 0.15) is 17.6 Å². The number of aryl methyl sites for hydroxylation is 1. The highest BCUT2D eigenvalue weighted by molar-refractivity contribution is 7.89. The predicted octanol–water partition coefficient (Wildman–Crippen LogP) is 4.11. The summed E-state index contributed by atoms with van der Waals surface area (Å²) < 4.78 is 37.0. The number of ether oxygens (including phenoxy) is 1. The number of benzene rings is 3. The van der Waals surface area contributed by atoms with Crippen LogP contribution in [0.4, 0.5) is 4.79 Å². The Balaban J connectivity index is 1.32. The van der Waals surface area contributed by atoms with E-state index in [2.05, 4.69) is 10.0 Å². The lowest BCUT2D eigenvalue weighted by molar-refractivity contribution is -0.128. The van der Waals surface area contributed by atoms with E-state index in [1.807, 2.05) is 93.9 Å². The normalized spacial score (nSPS) is 15.5. The standard InChI is InChI=1S/C38H50N6O6S/c1-25(2)20-28-22-29(50-6)16-17-34(28)51(48,49)39-23-33(45)31(21-27-12-8-7-9-13-27)41-37(46)36(26(3)4)44-19-18-43(38(44)47)24-35-40-30-14-10-11-15-32(30)42(35)5/h7-17,22,25-26,31,33,36,39,45H,18-21,23-24H2,1-6H3,(H,41,46)/t31-,33+,36-/m0/s1. The van der Waals surface area contributed by atoms with Crippen molar-refractivity contribution in [1.29, 1.82) is 0 Å². The van der Waals surface area contributed by atoms with Gasteiger partial charge < -0.3 is 29.5 Å². The van der Waals surface area contributed by atoms with E-state index in [1.54, 1.807) is 21.9 Å². The first-order chi connectivity index (χ1) is 24.3. The van der Waals surface area contributed by atoms with Gasteiger partial charge in [0.05, 0.1) is 41.7 Å². The number of hydrogen-bond donors (Lipinski definition) is 3. The van der Waals surface area contributed by atoms with Crippen LogP contribution >= 0.6 is 0 Å². The number of urea groups is 1. The predicted molar refractivity (Wildman–Crippen MR) is 197 cm³/mol. The van der Waals surface area contributed by atoms with Crippen LogP contribution in [0.3, 0.4) is 0 Å². The number of aromatic nitrogens is 2. The number of rotatable bonds is 16. The molecule has 274 valence electrons. The van der Waals surface area contributed by atoms with Crippen LogP contribution in [0.1, 0.15) is 44.6 Å². The molecule has 13 heteroatoms. The van der Waals surface area contributed by atoms with E-state index in [-0.39, 0.29) is 35.7 Å². The second kappa shape index (κ2) is 16.3. The summed E-state index contributed by atoms with van der Waals surface area (Å²) in [6.07, 6.45) is -0.523. The van der Waals surface area contributed by atoms with Crippen LogP contribution in [0.25, 0.3) is 11.0 Å². The summed E-state index contributed by atoms with van der Waals surface area (Å²) in [4.78, 5) is 36.0. The highest BCUT2D eigenvalue weighted by atomic mass is 32.2. The molecule has 1 aliphatic rings. The number of sulfonamides is 1. The number of aliphatic hydroxyl groups excluding tert-OH is 1. The van der Waals surface area contributed by atoms with Crippen molar-refractivity contribution in [2.45, 2.75) is 70.2 Å². The molecular formula is C38H50N6O6S. The number of hydrogen-bond acceptors (Lipinski definition) is 7. The van der Waals surface area contributed by atoms with Crippen molar-refractivity contribution < 1.29 is 27.9 Å². The molecule has 0 unspecified atom stereocenters. The van der Waals surface area contributed by atoms with Crippen LogP contribution in [-0.4, -0.2) is 89.7 Å². The summed E-state index contributed by atoms with van der Waals surface area (Å²) in [6, 6.07) is 20.0. The van der Waals surface area contributed by atoms with Crippen molar-refractivity contribution >= 4 is 33.0 Å². The molecule has 1 saturated heterocycles. The lowest BCUT2D eigenvalue weighted by Gasteiger charge is -2.33. The minimum absolute atomic E-state index is 0.114. The zero-order chi connectivity index (χ0) is 36.9. The Morgan fingerprint density at radius 3 is 2.35 bits per heavy atom. The highest BCUT2D eigenvalue weighted by Crippen LogP contribution is 2.25. The van der Waals surface area contributed by atoms with Crippen LogP contribution in [0, 0.1) is 11.8 Å². The molecule has 3 aromatic carbocycles. The largest absolute Gasteiger partial charge is 0.497 e. The highest BCUT2D eigenvalue weighted by Gasteiger charge is 2.40. The SMILES string of the molecule is COc1ccc(S(=O)(=O)NC[C@@H](O)[C@H](Cc2ccccc2)NC(=O)[C@H](C(C)C)N2CCN(Cc3nc4ccccc4n3C)C2=O)c(CC(C)C)c1. The van der Waals surface area contributed by atoms with E-state index in [9.17, 15) is 23.1 Å². The van der Waals surface area contributed by atoms with Crippen molar-refractivity contribution in [2.24, 2.45) is 18.9 Å². The third-order valence-corrected chi connectivity index (χ3v) is 10.9. The fourth-order valence-corrected chi connectivity index (χ4v) is 7.98. The Bertz CT molecular complexity index is 1930. The van der Waals surface area contributed by atoms with Gasteiger partial charge in [0.2, 0.25) is 15.9 Å². The molecule has 12 nitrogen and oxygen atoms in total. The van der Waals surface area contributed by atoms with Gasteiger partial charge in [0.25, 0.3) is 0 Å². The van der Waals surface area contributed by atoms with Crippen molar-refractivity contribution in [3.63, 3.8) is 0 Å². The molecule has 2 heterocycles. The molecule has 5 rings (SSSR count). The summed E-state index contributed by atoms with van der Waals surface area (Å²) in [7, 11) is -0.576. The summed E-state index contributed by atoms with van der Waals surface area (Å²) in [5.41, 5.74) is 3.29. The molecule has 3 amide bonds. The summed E-state index contributed by atoms with van der Waals surface area (Å²) in [5, 5.41) is 14.5. The maximum atomic E-state index is 14.1. The number of methoxy groups -OCH3 is 1. The molecule has 3 N–H and O–H groups in total. The lowest BCUT2D eigenvalue weighted by Crippen LogP contribution is -2.57. The first-order valence-electron chi connectivity index (χ1n) is 17.4. The van der Waals surface area contributed by atoms with Gasteiger partial charge in [-0.25, -0.2) is 22.9 Å². The Hall–Kier alpha value is -4.46. The number of carbonyl (C=O) groups is 2. The monoisotopic (exact) mass is 718 g/mol. The Labute approximate surface area is 300 Å². The first kappa shape index (κ1) is 37.8. The van der Waals surface area contributed by atoms with Crippen LogP contribution in [-0.2, 0) is 41.3 Å². The first-order valence-corrected chi connectivity index (χ1v) is 18.9. The number of nitrogens with zero attached hydrogens (tertiary/aromatic N) is 4. The van der Waals surface area contributed by atoms with Crippen LogP contribution in [0.15, 0.2) is 77.7 Å². The van der Waals surface area contributed by atoms with Gasteiger partial charge in [-0.2, -0.15) is 0 Å². The van der Waals surface area contributed by atoms with Gasteiger partial charge >= 0.3 is 6.03 Å². The van der Waals surface area contributed by atoms with Gasteiger partial charge in [0.15, 0.2) is 0 Å². The number of nitrogens with one attached hydrogen (secondary N) is 2. The fourth-order valence-electron chi connectivity index (χ4n) is 6.70. The minimum atomic E-state index is -4.03. The lowest BCUT2D eigenvalue weighted by atomic mass is 9.98. The van der Waals surface area contributed by atoms with E-state index >= 15 is 0 Å². The third-order valence-electron chi connectivity index (χ3n) is 9.33. The van der Waals surface area contributed by atoms with Crippen molar-refractivity contribution in [3.05, 3.63) is 89.7 Å². The van der Waals surface area contributed by atoms with Crippen LogP contribution in [0.2, 0.25) is 0 Å². The van der Waals surface area contributed by atoms with Gasteiger partial charge in [-0.15, -0.1) is 0 Å². The zero-order valence-corrected chi connectivity index (χ0v) is 31.1. The Kier molecular flexibility index (Phi) is 12.0. The molecule has 0 spiro atoms. The van der Waals surface area contributed by atoms with E-state index in [0.717, 1.165) is 22.4 Å². The molecule has 1 fully saturated rings. The van der Waals surface area contributed by atoms with Crippen LogP contribution < -0.4 is 14.8 Å². The Morgan fingerprint density at radius 2 is 1.69 bits per heavy atom. The van der Waals surface area contributed by atoms with Gasteiger partial charge in [-0.05, 0) is 66.1 Å². The number of carbonyl (C=O) groups excluding carboxylic acids is 2. The summed E-state index contributed by atoms with van der Waals surface area (Å²) >= 11 is 0. The maximum Gasteiger partial charge on any atom is 0.321 e. The van der Waals surface area contributed by atoms with Gasteiger partial charge in [-0.3, -0.25) is 4.79 Å². The fraction of sp³-hybridized carbons (Fsp3) is 0.447. The topological polar surface area (TPSA) is 146 Å². The third kappa shape index (κ3) is 8.89. The maximum absolute atomic E-state index is 14.1. The number of imidazole rings is 1. The van der Waals surface area contributed by atoms with E-state index in [4.69, 9.17) is 9.72 Å². The summed E-state index contributed by atoms with van der Waals surface area (Å²) in [6.45, 7) is 8.51. The number of para-hydroxylation sites is 2. The molecule has 3 atom stereocenters. The van der Waals surface area contributed by atoms with Gasteiger partial charge in [-0.1, -0.05) is 70.2 Å². The second-order valence-electron chi connectivity index (χ2n) is 14.0. The molecule has 0 aliphatic carbocycles. The van der Waals surface area contributed by atoms with E-state index < -0.39 is 34.1 Å². The van der Waals surface area contributed by atoms with E-state index in [0.29, 0.717) is 37.4 Å². The second-order valence-corrected chi connectivity index (χ2v) is 15.7. The molecule has 51 heavy (non-hydrogen) atoms. The number of amides is 3. The average molecular weight is 719 g/mol. The molecule has 0 saturated carbocycles. The quantitative estimate of drug-likeness (QED) is 0.158. The van der Waals surface area contributed by atoms with Crippen LogP contribution in [0.5, 0.6) is 5.75 Å². The minimum Gasteiger partial charge on any atom is -0.497 e. The van der Waals surface area contributed by atoms with Crippen molar-refractivity contribution in [3.8, 4) is 5.75 Å². The summed E-state index contributed by atoms with van der Waals surface area (Å²) in [5.74, 6) is 0.837. The molecule has 0 bridgehead atoms.